The van der Waals surface area contributed by atoms with Gasteiger partial charge in [0.2, 0.25) is 0 Å². The summed E-state index contributed by atoms with van der Waals surface area (Å²) in [5.41, 5.74) is -1.67. The number of allylic oxidation sites excluding steroid dienone is 2. The number of ether oxygens (including phenoxy) is 10. The van der Waals surface area contributed by atoms with Gasteiger partial charge in [0.05, 0.1) is 50.8 Å². The average Bonchev–Trinajstić information content (AvgIpc) is 1.25. The predicted octanol–water partition coefficient (Wildman–Crippen LogP) is -3.10. The molecule has 0 spiro atoms. The van der Waals surface area contributed by atoms with Gasteiger partial charge in [-0.25, -0.2) is 0 Å². The van der Waals surface area contributed by atoms with Crippen LogP contribution < -0.4 is 0 Å². The Balaban J connectivity index is 0.895. The van der Waals surface area contributed by atoms with Gasteiger partial charge in [0, 0.05) is 0 Å². The first kappa shape index (κ1) is 67.1. The molecule has 0 bridgehead atoms. The summed E-state index contributed by atoms with van der Waals surface area (Å²) >= 11 is 0. The number of rotatable bonds is 17. The molecular weight excluding hydrogens is 1110 g/mol. The van der Waals surface area contributed by atoms with Gasteiger partial charge in [-0.3, -0.25) is 0 Å². The molecule has 26 nitrogen and oxygen atoms in total. The van der Waals surface area contributed by atoms with Crippen LogP contribution in [0.4, 0.5) is 0 Å². The Morgan fingerprint density at radius 1 is 0.536 bits per heavy atom. The van der Waals surface area contributed by atoms with Crippen LogP contribution in [0, 0.1) is 45.3 Å². The Hall–Kier alpha value is -1.30. The number of hydrogen-bond donors (Lipinski definition) is 16. The van der Waals surface area contributed by atoms with Crippen LogP contribution in [0.15, 0.2) is 11.6 Å². The molecule has 33 atom stereocenters. The molecule has 16 N–H and O–H groups in total. The van der Waals surface area contributed by atoms with Crippen molar-refractivity contribution in [3.63, 3.8) is 0 Å². The summed E-state index contributed by atoms with van der Waals surface area (Å²) in [6.45, 7) is 14.6. The largest absolute Gasteiger partial charge is 0.394 e. The minimum atomic E-state index is -1.82. The monoisotopic (exact) mass is 1210 g/mol. The lowest BCUT2D eigenvalue weighted by molar-refractivity contribution is -0.378. The van der Waals surface area contributed by atoms with E-state index in [0.717, 1.165) is 24.8 Å². The van der Waals surface area contributed by atoms with E-state index in [0.29, 0.717) is 38.5 Å². The summed E-state index contributed by atoms with van der Waals surface area (Å²) < 4.78 is 60.2. The highest BCUT2D eigenvalue weighted by atomic mass is 16.8. The number of hydrogen-bond acceptors (Lipinski definition) is 26. The molecule has 0 aromatic carbocycles. The van der Waals surface area contributed by atoms with Crippen molar-refractivity contribution in [2.45, 2.75) is 272 Å². The van der Waals surface area contributed by atoms with Gasteiger partial charge < -0.3 is 129 Å². The van der Waals surface area contributed by atoms with Gasteiger partial charge in [-0.2, -0.15) is 0 Å². The lowest BCUT2D eigenvalue weighted by Crippen LogP contribution is -2.68. The fourth-order valence-electron chi connectivity index (χ4n) is 17.1. The molecule has 0 aromatic heterocycles. The highest BCUT2D eigenvalue weighted by molar-refractivity contribution is 5.21. The Labute approximate surface area is 490 Å². The summed E-state index contributed by atoms with van der Waals surface area (Å²) in [4.78, 5) is 0. The van der Waals surface area contributed by atoms with E-state index < -0.39 is 190 Å². The van der Waals surface area contributed by atoms with Gasteiger partial charge in [-0.1, -0.05) is 46.3 Å². The van der Waals surface area contributed by atoms with Crippen LogP contribution in [0.25, 0.3) is 0 Å². The normalized spacial score (nSPS) is 53.0. The van der Waals surface area contributed by atoms with Crippen LogP contribution in [0.1, 0.15) is 113 Å². The van der Waals surface area contributed by atoms with Crippen LogP contribution >= 0.6 is 0 Å². The van der Waals surface area contributed by atoms with Gasteiger partial charge in [-0.05, 0) is 124 Å². The lowest BCUT2D eigenvalue weighted by Gasteiger charge is -2.71. The Morgan fingerprint density at radius 3 is 1.74 bits per heavy atom. The highest BCUT2D eigenvalue weighted by Gasteiger charge is 2.72. The van der Waals surface area contributed by atoms with Crippen LogP contribution in [-0.4, -0.2) is 274 Å². The Morgan fingerprint density at radius 2 is 1.10 bits per heavy atom. The van der Waals surface area contributed by atoms with E-state index in [1.54, 1.807) is 0 Å². The van der Waals surface area contributed by atoms with Crippen LogP contribution in [0.3, 0.4) is 0 Å². The van der Waals surface area contributed by atoms with Crippen molar-refractivity contribution in [1.29, 1.82) is 0 Å². The van der Waals surface area contributed by atoms with Crippen molar-refractivity contribution >= 4 is 0 Å². The van der Waals surface area contributed by atoms with Crippen molar-refractivity contribution < 1.29 is 129 Å². The maximum atomic E-state index is 12.9. The summed E-state index contributed by atoms with van der Waals surface area (Å²) in [7, 11) is 0. The summed E-state index contributed by atoms with van der Waals surface area (Å²) in [5.74, 6) is -0.525. The first-order valence-corrected chi connectivity index (χ1v) is 30.2. The molecule has 4 saturated carbocycles. The molecule has 5 heterocycles. The molecule has 0 amide bonds. The number of aliphatic hydroxyl groups excluding tert-OH is 16. The summed E-state index contributed by atoms with van der Waals surface area (Å²) in [5, 5.41) is 174. The fourth-order valence-corrected chi connectivity index (χ4v) is 17.1. The minimum absolute atomic E-state index is 0.0251. The van der Waals surface area contributed by atoms with Gasteiger partial charge in [0.15, 0.2) is 31.5 Å². The predicted molar refractivity (Wildman–Crippen MR) is 287 cm³/mol. The minimum Gasteiger partial charge on any atom is -0.394 e. The zero-order valence-corrected chi connectivity index (χ0v) is 49.5. The van der Waals surface area contributed by atoms with Crippen molar-refractivity contribution in [3.05, 3.63) is 11.6 Å². The van der Waals surface area contributed by atoms with Crippen molar-refractivity contribution in [2.24, 2.45) is 45.3 Å². The van der Waals surface area contributed by atoms with E-state index in [1.807, 2.05) is 20.8 Å². The molecule has 9 rings (SSSR count). The van der Waals surface area contributed by atoms with Gasteiger partial charge in [-0.15, -0.1) is 0 Å². The third-order valence-corrected chi connectivity index (χ3v) is 22.3. The molecule has 0 radical (unpaired) electrons. The SMILES string of the molecule is CC(C)=CCC[C@@](C)(O[C@@H]1O[C@H](CO[C@@H]2CO[C@@H](O[C@@H]3OC[C@H](O)[C@@H](O)[C@H]3O)[C@H](O)[C@@H]2O)[C@@H](O)[C@H](O)[C@H]1O)[C@H]1CC[C@]2(C)[C@@H]1[C@H](O)C[C@@H]1[C@@]3(C)CC[C@H](O[C@@H]4O[C@H](CO)[C@@H](O)[C@H](O)[C@H]4O[C@@H]4O[C@H](CO)[C@@H](O)[C@H](O)[C@H]4O)C(C)(C)[C@@H]3CC[C@]12C. The quantitative estimate of drug-likeness (QED) is 0.0507. The van der Waals surface area contributed by atoms with Gasteiger partial charge in [0.25, 0.3) is 0 Å². The van der Waals surface area contributed by atoms with E-state index in [4.69, 9.17) is 47.4 Å². The second kappa shape index (κ2) is 25.8. The third kappa shape index (κ3) is 12.0. The maximum absolute atomic E-state index is 12.9. The molecule has 5 aliphatic heterocycles. The van der Waals surface area contributed by atoms with E-state index in [2.05, 4.69) is 40.7 Å². The molecular formula is C58H98O26. The molecule has 486 valence electrons. The van der Waals surface area contributed by atoms with E-state index >= 15 is 0 Å². The molecule has 0 aromatic rings. The first-order chi connectivity index (χ1) is 39.4. The van der Waals surface area contributed by atoms with E-state index in [-0.39, 0.29) is 47.7 Å². The zero-order chi connectivity index (χ0) is 61.5. The molecule has 5 saturated heterocycles. The summed E-state index contributed by atoms with van der Waals surface area (Å²) in [6, 6.07) is 0. The molecule has 4 aliphatic carbocycles. The summed E-state index contributed by atoms with van der Waals surface area (Å²) in [6.07, 6.45) is -29.8. The number of aliphatic hydroxyl groups is 16. The van der Waals surface area contributed by atoms with Crippen molar-refractivity contribution in [1.82, 2.24) is 0 Å². The molecule has 84 heavy (non-hydrogen) atoms. The zero-order valence-electron chi connectivity index (χ0n) is 49.5. The standard InChI is InChI=1S/C58H98O26/c1-24(2)10-9-14-58(8,84-52-47(74)42(69)40(67)31(80-52)23-75-30-22-77-50(45(72)39(30)66)83-49-44(71)36(63)27(62)21-76-49)25-11-16-57(7)35(25)26(61)18-33-55(5)15-13-34(54(3,4)32(55)12-17-56(33,57)6)81-53-48(43(70)38(65)29(20-60)79-53)82-51-46(73)41(68)37(64)28(19-59)78-51/h10,25-53,59-74H,9,11-23H2,1-8H3/t25-,26+,27-,28+,29+,30+,31+,32-,33+,34-,35-,36+,37+,38+,39+,40+,41-,42-,43-,44+,45+,46+,47+,48+,49-,50-,51-,52-,53-,55-,56+,57+,58+/m0/s1. The van der Waals surface area contributed by atoms with Crippen molar-refractivity contribution in [3.8, 4) is 0 Å². The lowest BCUT2D eigenvalue weighted by atomic mass is 9.35. The van der Waals surface area contributed by atoms with Gasteiger partial charge in [0.1, 0.15) is 110 Å². The molecule has 9 aliphatic rings. The molecule has 9 fully saturated rings. The fraction of sp³-hybridized carbons (Fsp3) is 0.966. The third-order valence-electron chi connectivity index (χ3n) is 22.3. The van der Waals surface area contributed by atoms with Crippen LogP contribution in [0.5, 0.6) is 0 Å². The number of fused-ring (bicyclic) bond motifs is 5. The van der Waals surface area contributed by atoms with Crippen molar-refractivity contribution in [2.75, 3.05) is 33.0 Å². The van der Waals surface area contributed by atoms with Crippen LogP contribution in [0.2, 0.25) is 0 Å². The molecule has 26 heteroatoms. The Kier molecular flexibility index (Phi) is 20.6. The first-order valence-electron chi connectivity index (χ1n) is 30.2. The highest BCUT2D eigenvalue weighted by Crippen LogP contribution is 2.76. The van der Waals surface area contributed by atoms with E-state index in [1.165, 1.54) is 0 Å². The smallest absolute Gasteiger partial charge is 0.189 e. The molecule has 0 unspecified atom stereocenters. The maximum Gasteiger partial charge on any atom is 0.189 e. The van der Waals surface area contributed by atoms with Gasteiger partial charge >= 0.3 is 0 Å². The second-order valence-corrected chi connectivity index (χ2v) is 27.7. The Bertz CT molecular complexity index is 2210. The van der Waals surface area contributed by atoms with E-state index in [9.17, 15) is 81.7 Å². The average molecular weight is 1210 g/mol. The van der Waals surface area contributed by atoms with Crippen LogP contribution in [-0.2, 0) is 47.4 Å². The topological polar surface area (TPSA) is 416 Å². The second-order valence-electron chi connectivity index (χ2n) is 27.7.